The number of aromatic nitrogens is 3. The van der Waals surface area contributed by atoms with Crippen LogP contribution in [0.4, 0.5) is 0 Å². The van der Waals surface area contributed by atoms with Gasteiger partial charge in [-0.3, -0.25) is 0 Å². The second-order valence-corrected chi connectivity index (χ2v) is 4.95. The van der Waals surface area contributed by atoms with E-state index in [0.717, 1.165) is 12.4 Å². The lowest BCUT2D eigenvalue weighted by Gasteiger charge is -2.06. The number of hydrogen-bond acceptors (Lipinski definition) is 1. The Morgan fingerprint density at radius 2 is 2.11 bits per heavy atom. The molecule has 1 aromatic carbocycles. The molecule has 0 radical (unpaired) electrons. The van der Waals surface area contributed by atoms with Crippen molar-refractivity contribution < 1.29 is 0 Å². The Balaban J connectivity index is 2.03. The Morgan fingerprint density at radius 1 is 1.28 bits per heavy atom. The average Bonchev–Trinajstić information content (AvgIpc) is 2.88. The Labute approximate surface area is 111 Å². The molecule has 0 fully saturated rings. The molecule has 18 heavy (non-hydrogen) atoms. The number of aryl methyl sites for hydroxylation is 1. The maximum atomic E-state index is 6.00. The van der Waals surface area contributed by atoms with Gasteiger partial charge in [-0.15, -0.1) is 0 Å². The van der Waals surface area contributed by atoms with Gasteiger partial charge in [0.05, 0.1) is 12.7 Å². The predicted octanol–water partition coefficient (Wildman–Crippen LogP) is 3.38. The summed E-state index contributed by atoms with van der Waals surface area (Å²) in [6, 6.07) is 8.60. The quantitative estimate of drug-likeness (QED) is 0.692. The van der Waals surface area contributed by atoms with Crippen molar-refractivity contribution in [2.45, 2.75) is 13.5 Å². The molecule has 0 saturated carbocycles. The van der Waals surface area contributed by atoms with Gasteiger partial charge in [0.1, 0.15) is 11.0 Å². The lowest BCUT2D eigenvalue weighted by atomic mass is 10.2. The van der Waals surface area contributed by atoms with Gasteiger partial charge >= 0.3 is 0 Å². The molecule has 92 valence electrons. The van der Waals surface area contributed by atoms with Crippen LogP contribution in [0.15, 0.2) is 36.7 Å². The molecule has 3 rings (SSSR count). The van der Waals surface area contributed by atoms with Gasteiger partial charge < -0.3 is 9.13 Å². The summed E-state index contributed by atoms with van der Waals surface area (Å²) >= 11 is 6.00. The largest absolute Gasteiger partial charge is 0.340 e. The Kier molecular flexibility index (Phi) is 2.63. The van der Waals surface area contributed by atoms with Crippen molar-refractivity contribution in [2.75, 3.05) is 0 Å². The van der Waals surface area contributed by atoms with E-state index >= 15 is 0 Å². The van der Waals surface area contributed by atoms with Crippen LogP contribution in [0.25, 0.3) is 10.9 Å². The normalized spacial score (nSPS) is 11.3. The van der Waals surface area contributed by atoms with Crippen LogP contribution in [0, 0.1) is 6.92 Å². The minimum atomic E-state index is 0.664. The molecule has 0 aliphatic heterocycles. The summed E-state index contributed by atoms with van der Waals surface area (Å²) in [4.78, 5) is 4.32. The molecule has 0 saturated heterocycles. The van der Waals surface area contributed by atoms with Gasteiger partial charge in [0.15, 0.2) is 0 Å². The zero-order chi connectivity index (χ0) is 12.7. The van der Waals surface area contributed by atoms with Gasteiger partial charge in [0.2, 0.25) is 0 Å². The first-order valence-corrected chi connectivity index (χ1v) is 6.24. The Hall–Kier alpha value is -1.74. The molecule has 0 aliphatic rings. The van der Waals surface area contributed by atoms with Crippen LogP contribution in [-0.4, -0.2) is 14.1 Å². The van der Waals surface area contributed by atoms with E-state index in [-0.39, 0.29) is 0 Å². The Morgan fingerprint density at radius 3 is 2.83 bits per heavy atom. The standard InChI is InChI=1S/C14H14ClN3/c1-10-3-4-12-11(7-10)5-6-18(12)9-14-16-8-13(15)17(14)2/h3-8H,9H2,1-2H3. The van der Waals surface area contributed by atoms with E-state index in [1.807, 2.05) is 11.6 Å². The maximum Gasteiger partial charge on any atom is 0.129 e. The van der Waals surface area contributed by atoms with E-state index in [9.17, 15) is 0 Å². The van der Waals surface area contributed by atoms with Gasteiger partial charge in [-0.05, 0) is 30.5 Å². The topological polar surface area (TPSA) is 22.8 Å². The third kappa shape index (κ3) is 1.81. The molecule has 0 unspecified atom stereocenters. The third-order valence-corrected chi connectivity index (χ3v) is 3.62. The van der Waals surface area contributed by atoms with E-state index < -0.39 is 0 Å². The molecule has 0 amide bonds. The van der Waals surface area contributed by atoms with E-state index in [1.54, 1.807) is 6.20 Å². The summed E-state index contributed by atoms with van der Waals surface area (Å²) in [6.07, 6.45) is 3.78. The van der Waals surface area contributed by atoms with Crippen molar-refractivity contribution in [1.82, 2.24) is 14.1 Å². The molecular formula is C14H14ClN3. The number of rotatable bonds is 2. The van der Waals surface area contributed by atoms with Crippen LogP contribution in [-0.2, 0) is 13.6 Å². The Bertz CT molecular complexity index is 709. The summed E-state index contributed by atoms with van der Waals surface area (Å²) < 4.78 is 4.09. The molecule has 0 atom stereocenters. The van der Waals surface area contributed by atoms with Crippen molar-refractivity contribution >= 4 is 22.5 Å². The molecule has 3 aromatic rings. The summed E-state index contributed by atoms with van der Waals surface area (Å²) in [6.45, 7) is 2.84. The second kappa shape index (κ2) is 4.18. The van der Waals surface area contributed by atoms with Crippen molar-refractivity contribution in [2.24, 2.45) is 7.05 Å². The fourth-order valence-corrected chi connectivity index (χ4v) is 2.33. The molecule has 3 nitrogen and oxygen atoms in total. The zero-order valence-corrected chi connectivity index (χ0v) is 11.1. The van der Waals surface area contributed by atoms with Crippen LogP contribution in [0.3, 0.4) is 0 Å². The van der Waals surface area contributed by atoms with Gasteiger partial charge in [-0.1, -0.05) is 23.2 Å². The minimum absolute atomic E-state index is 0.664. The van der Waals surface area contributed by atoms with Crippen molar-refractivity contribution in [3.8, 4) is 0 Å². The fraction of sp³-hybridized carbons (Fsp3) is 0.214. The van der Waals surface area contributed by atoms with Crippen molar-refractivity contribution in [3.63, 3.8) is 0 Å². The highest BCUT2D eigenvalue weighted by Crippen LogP contribution is 2.19. The summed E-state index contributed by atoms with van der Waals surface area (Å²) in [5.41, 5.74) is 2.50. The number of hydrogen-bond donors (Lipinski definition) is 0. The van der Waals surface area contributed by atoms with Gasteiger partial charge in [-0.2, -0.15) is 0 Å². The maximum absolute atomic E-state index is 6.00. The fourth-order valence-electron chi connectivity index (χ4n) is 2.18. The zero-order valence-electron chi connectivity index (χ0n) is 10.4. The minimum Gasteiger partial charge on any atom is -0.340 e. The van der Waals surface area contributed by atoms with Crippen LogP contribution >= 0.6 is 11.6 Å². The molecule has 0 aliphatic carbocycles. The summed E-state index contributed by atoms with van der Waals surface area (Å²) in [5, 5.41) is 1.92. The second-order valence-electron chi connectivity index (χ2n) is 4.56. The van der Waals surface area contributed by atoms with Gasteiger partial charge in [0.25, 0.3) is 0 Å². The number of imidazole rings is 1. The highest BCUT2D eigenvalue weighted by atomic mass is 35.5. The van der Waals surface area contributed by atoms with Crippen molar-refractivity contribution in [1.29, 1.82) is 0 Å². The van der Waals surface area contributed by atoms with Crippen molar-refractivity contribution in [3.05, 3.63) is 53.2 Å². The number of halogens is 1. The van der Waals surface area contributed by atoms with E-state index in [0.29, 0.717) is 5.15 Å². The number of nitrogens with zero attached hydrogens (tertiary/aromatic N) is 3. The summed E-state index contributed by atoms with van der Waals surface area (Å²) in [7, 11) is 1.93. The first-order chi connectivity index (χ1) is 8.65. The highest BCUT2D eigenvalue weighted by molar-refractivity contribution is 6.29. The molecule has 2 aromatic heterocycles. The van der Waals surface area contributed by atoms with E-state index in [1.165, 1.54) is 16.5 Å². The third-order valence-electron chi connectivity index (χ3n) is 3.27. The van der Waals surface area contributed by atoms with Crippen LogP contribution in [0.2, 0.25) is 5.15 Å². The smallest absolute Gasteiger partial charge is 0.129 e. The SMILES string of the molecule is Cc1ccc2c(ccn2Cc2ncc(Cl)n2C)c1. The molecule has 0 N–H and O–H groups in total. The molecule has 0 bridgehead atoms. The highest BCUT2D eigenvalue weighted by Gasteiger charge is 2.07. The lowest BCUT2D eigenvalue weighted by Crippen LogP contribution is -2.05. The molecular weight excluding hydrogens is 246 g/mol. The van der Waals surface area contributed by atoms with E-state index in [4.69, 9.17) is 11.6 Å². The predicted molar refractivity (Wildman–Crippen MR) is 74.0 cm³/mol. The van der Waals surface area contributed by atoms with Gasteiger partial charge in [-0.25, -0.2) is 4.98 Å². The van der Waals surface area contributed by atoms with Crippen LogP contribution in [0.1, 0.15) is 11.4 Å². The number of benzene rings is 1. The number of fused-ring (bicyclic) bond motifs is 1. The first kappa shape index (κ1) is 11.4. The monoisotopic (exact) mass is 259 g/mol. The molecule has 4 heteroatoms. The molecule has 2 heterocycles. The van der Waals surface area contributed by atoms with Gasteiger partial charge in [0, 0.05) is 18.8 Å². The van der Waals surface area contributed by atoms with Crippen LogP contribution in [0.5, 0.6) is 0 Å². The van der Waals surface area contributed by atoms with Crippen LogP contribution < -0.4 is 0 Å². The molecule has 0 spiro atoms. The first-order valence-electron chi connectivity index (χ1n) is 5.87. The van der Waals surface area contributed by atoms with E-state index in [2.05, 4.69) is 46.9 Å². The lowest BCUT2D eigenvalue weighted by molar-refractivity contribution is 0.718. The summed E-state index contributed by atoms with van der Waals surface area (Å²) in [5.74, 6) is 0.957. The average molecular weight is 260 g/mol.